The quantitative estimate of drug-likeness (QED) is 0.468. The first-order valence-corrected chi connectivity index (χ1v) is 9.23. The van der Waals surface area contributed by atoms with Crippen LogP contribution >= 0.6 is 49.9 Å². The molecular formula is C15H17BrINO2S. The topological polar surface area (TPSA) is 30.5 Å². The molecule has 0 aliphatic rings. The van der Waals surface area contributed by atoms with Gasteiger partial charge in [0.25, 0.3) is 0 Å². The van der Waals surface area contributed by atoms with Gasteiger partial charge < -0.3 is 14.8 Å². The highest BCUT2D eigenvalue weighted by Crippen LogP contribution is 2.32. The van der Waals surface area contributed by atoms with Crippen LogP contribution in [0.1, 0.15) is 17.2 Å². The molecule has 1 aromatic heterocycles. The van der Waals surface area contributed by atoms with E-state index < -0.39 is 0 Å². The van der Waals surface area contributed by atoms with Crippen LogP contribution in [0.5, 0.6) is 5.75 Å². The molecule has 6 heteroatoms. The highest BCUT2D eigenvalue weighted by molar-refractivity contribution is 14.1. The Morgan fingerprint density at radius 3 is 2.67 bits per heavy atom. The van der Waals surface area contributed by atoms with Crippen LogP contribution < -0.4 is 10.1 Å². The van der Waals surface area contributed by atoms with Gasteiger partial charge in [-0.3, -0.25) is 0 Å². The molecule has 2 aromatic rings. The van der Waals surface area contributed by atoms with Crippen molar-refractivity contribution in [2.45, 2.75) is 6.04 Å². The van der Waals surface area contributed by atoms with Crippen LogP contribution in [0.3, 0.4) is 0 Å². The summed E-state index contributed by atoms with van der Waals surface area (Å²) in [7, 11) is 3.65. The number of halogens is 2. The van der Waals surface area contributed by atoms with Crippen molar-refractivity contribution >= 4 is 49.9 Å². The monoisotopic (exact) mass is 481 g/mol. The largest absolute Gasteiger partial charge is 0.490 e. The number of nitrogens with one attached hydrogen (secondary N) is 1. The summed E-state index contributed by atoms with van der Waals surface area (Å²) < 4.78 is 12.9. The van der Waals surface area contributed by atoms with E-state index in [0.29, 0.717) is 13.2 Å². The molecule has 0 saturated carbocycles. The summed E-state index contributed by atoms with van der Waals surface area (Å²) in [5, 5.41) is 5.56. The summed E-state index contributed by atoms with van der Waals surface area (Å²) >= 11 is 7.69. The van der Waals surface area contributed by atoms with Gasteiger partial charge in [-0.1, -0.05) is 6.07 Å². The second-order valence-electron chi connectivity index (χ2n) is 4.44. The van der Waals surface area contributed by atoms with Crippen molar-refractivity contribution in [2.24, 2.45) is 0 Å². The van der Waals surface area contributed by atoms with Gasteiger partial charge in [-0.15, -0.1) is 11.3 Å². The Kier molecular flexibility index (Phi) is 6.94. The molecule has 3 nitrogen and oxygen atoms in total. The number of rotatable bonds is 7. The zero-order chi connectivity index (χ0) is 15.2. The summed E-state index contributed by atoms with van der Waals surface area (Å²) in [6.45, 7) is 1.13. The molecule has 2 rings (SSSR count). The van der Waals surface area contributed by atoms with E-state index in [0.717, 1.165) is 10.2 Å². The molecule has 1 aromatic carbocycles. The fraction of sp³-hybridized carbons (Fsp3) is 0.333. The van der Waals surface area contributed by atoms with Gasteiger partial charge in [-0.2, -0.15) is 0 Å². The first-order chi connectivity index (χ1) is 10.2. The molecule has 1 unspecified atom stereocenters. The lowest BCUT2D eigenvalue weighted by Crippen LogP contribution is -2.17. The highest BCUT2D eigenvalue weighted by atomic mass is 127. The average Bonchev–Trinajstić information content (AvgIpc) is 2.88. The van der Waals surface area contributed by atoms with Gasteiger partial charge in [0.1, 0.15) is 12.4 Å². The Hall–Kier alpha value is -0.150. The standard InChI is InChI=1S/C15H17BrINO2S/c1-18-15(11-8-14(17)21-9-11)10-3-4-13(12(16)7-10)20-6-5-19-2/h3-4,7-9,15,18H,5-6H2,1-2H3. The molecule has 1 heterocycles. The van der Waals surface area contributed by atoms with Gasteiger partial charge in [0.2, 0.25) is 0 Å². The lowest BCUT2D eigenvalue weighted by Gasteiger charge is -2.17. The number of methoxy groups -OCH3 is 1. The van der Waals surface area contributed by atoms with Crippen LogP contribution in [0, 0.1) is 2.88 Å². The fourth-order valence-corrected chi connectivity index (χ4v) is 3.96. The van der Waals surface area contributed by atoms with Crippen LogP contribution in [0.4, 0.5) is 0 Å². The maximum absolute atomic E-state index is 5.66. The molecule has 0 amide bonds. The molecule has 1 atom stereocenters. The third-order valence-electron chi connectivity index (χ3n) is 3.04. The van der Waals surface area contributed by atoms with E-state index in [1.165, 1.54) is 14.0 Å². The van der Waals surface area contributed by atoms with Gasteiger partial charge in [-0.05, 0) is 80.3 Å². The molecule has 0 aliphatic heterocycles. The molecule has 0 aliphatic carbocycles. The first kappa shape index (κ1) is 17.2. The van der Waals surface area contributed by atoms with Crippen molar-refractivity contribution in [1.82, 2.24) is 5.32 Å². The lowest BCUT2D eigenvalue weighted by atomic mass is 10.0. The van der Waals surface area contributed by atoms with Crippen LogP contribution in [0.15, 0.2) is 34.1 Å². The second kappa shape index (κ2) is 8.47. The third kappa shape index (κ3) is 4.66. The van der Waals surface area contributed by atoms with Crippen molar-refractivity contribution in [3.63, 3.8) is 0 Å². The predicted molar refractivity (Wildman–Crippen MR) is 99.5 cm³/mol. The SMILES string of the molecule is CNC(c1csc(I)c1)c1ccc(OCCOC)c(Br)c1. The van der Waals surface area contributed by atoms with Crippen LogP contribution in [0.2, 0.25) is 0 Å². The Labute approximate surface area is 151 Å². The third-order valence-corrected chi connectivity index (χ3v) is 5.47. The summed E-state index contributed by atoms with van der Waals surface area (Å²) in [6, 6.07) is 8.60. The molecule has 0 saturated heterocycles. The number of thiophene rings is 1. The molecule has 0 radical (unpaired) electrons. The lowest BCUT2D eigenvalue weighted by molar-refractivity contribution is 0.146. The Morgan fingerprint density at radius 1 is 1.29 bits per heavy atom. The zero-order valence-corrected chi connectivity index (χ0v) is 16.4. The van der Waals surface area contributed by atoms with Crippen molar-refractivity contribution < 1.29 is 9.47 Å². The summed E-state index contributed by atoms with van der Waals surface area (Å²) in [5.41, 5.74) is 2.49. The Balaban J connectivity index is 2.17. The minimum absolute atomic E-state index is 0.189. The van der Waals surface area contributed by atoms with Crippen molar-refractivity contribution in [2.75, 3.05) is 27.4 Å². The van der Waals surface area contributed by atoms with Crippen molar-refractivity contribution in [3.05, 3.63) is 48.1 Å². The van der Waals surface area contributed by atoms with E-state index in [1.807, 2.05) is 13.1 Å². The summed E-state index contributed by atoms with van der Waals surface area (Å²) in [6.07, 6.45) is 0. The van der Waals surface area contributed by atoms with Gasteiger partial charge in [0.15, 0.2) is 0 Å². The van der Waals surface area contributed by atoms with Gasteiger partial charge in [0.05, 0.1) is 20.0 Å². The zero-order valence-electron chi connectivity index (χ0n) is 11.9. The van der Waals surface area contributed by atoms with E-state index in [4.69, 9.17) is 9.47 Å². The average molecular weight is 482 g/mol. The minimum atomic E-state index is 0.189. The number of benzene rings is 1. The molecule has 0 fully saturated rings. The second-order valence-corrected chi connectivity index (χ2v) is 8.10. The Bertz CT molecular complexity index is 591. The minimum Gasteiger partial charge on any atom is -0.490 e. The smallest absolute Gasteiger partial charge is 0.133 e. The molecule has 0 spiro atoms. The van der Waals surface area contributed by atoms with Crippen LogP contribution in [0.25, 0.3) is 0 Å². The number of hydrogen-bond acceptors (Lipinski definition) is 4. The molecule has 1 N–H and O–H groups in total. The fourth-order valence-electron chi connectivity index (χ4n) is 2.05. The molecule has 21 heavy (non-hydrogen) atoms. The van der Waals surface area contributed by atoms with E-state index >= 15 is 0 Å². The summed E-state index contributed by atoms with van der Waals surface area (Å²) in [5.74, 6) is 0.838. The van der Waals surface area contributed by atoms with Gasteiger partial charge in [0, 0.05) is 7.11 Å². The van der Waals surface area contributed by atoms with E-state index in [2.05, 4.69) is 67.4 Å². The van der Waals surface area contributed by atoms with Crippen LogP contribution in [-0.4, -0.2) is 27.4 Å². The Morgan fingerprint density at radius 2 is 2.10 bits per heavy atom. The van der Waals surface area contributed by atoms with Crippen molar-refractivity contribution in [3.8, 4) is 5.75 Å². The van der Waals surface area contributed by atoms with Gasteiger partial charge in [-0.25, -0.2) is 0 Å². The number of hydrogen-bond donors (Lipinski definition) is 1. The van der Waals surface area contributed by atoms with E-state index in [-0.39, 0.29) is 6.04 Å². The first-order valence-electron chi connectivity index (χ1n) is 6.48. The van der Waals surface area contributed by atoms with E-state index in [9.17, 15) is 0 Å². The van der Waals surface area contributed by atoms with Crippen molar-refractivity contribution in [1.29, 1.82) is 0 Å². The predicted octanol–water partition coefficient (Wildman–Crippen LogP) is 4.45. The molecule has 114 valence electrons. The molecule has 0 bridgehead atoms. The molecular weight excluding hydrogens is 465 g/mol. The maximum atomic E-state index is 5.66. The normalized spacial score (nSPS) is 12.4. The number of ether oxygens (including phenoxy) is 2. The van der Waals surface area contributed by atoms with Crippen LogP contribution in [-0.2, 0) is 4.74 Å². The maximum Gasteiger partial charge on any atom is 0.133 e. The van der Waals surface area contributed by atoms with Gasteiger partial charge >= 0.3 is 0 Å². The highest BCUT2D eigenvalue weighted by Gasteiger charge is 2.15. The van der Waals surface area contributed by atoms with E-state index in [1.54, 1.807) is 18.4 Å². The summed E-state index contributed by atoms with van der Waals surface area (Å²) in [4.78, 5) is 0.